The summed E-state index contributed by atoms with van der Waals surface area (Å²) in [6, 6.07) is 11.3. The summed E-state index contributed by atoms with van der Waals surface area (Å²) >= 11 is 0. The van der Waals surface area contributed by atoms with Gasteiger partial charge in [-0.1, -0.05) is 42.5 Å². The highest BCUT2D eigenvalue weighted by Gasteiger charge is 2.71. The fourth-order valence-corrected chi connectivity index (χ4v) is 4.39. The Hall–Kier alpha value is -3.66. The van der Waals surface area contributed by atoms with Gasteiger partial charge in [-0.25, -0.2) is 0 Å². The molecule has 0 amide bonds. The second-order valence-electron chi connectivity index (χ2n) is 7.69. The van der Waals surface area contributed by atoms with E-state index in [4.69, 9.17) is 14.2 Å². The first-order valence-electron chi connectivity index (χ1n) is 10.3. The highest BCUT2D eigenvalue weighted by molar-refractivity contribution is 6.27. The van der Waals surface area contributed by atoms with Crippen molar-refractivity contribution in [1.29, 1.82) is 0 Å². The monoisotopic (exact) mass is 476 g/mol. The molecular formula is C24H19F3O7. The lowest BCUT2D eigenvalue weighted by Gasteiger charge is -2.45. The average molecular weight is 476 g/mol. The molecular weight excluding hydrogens is 457 g/mol. The van der Waals surface area contributed by atoms with Gasteiger partial charge in [0, 0.05) is 22.6 Å². The lowest BCUT2D eigenvalue weighted by atomic mass is 9.68. The van der Waals surface area contributed by atoms with Crippen LogP contribution in [0.25, 0.3) is 0 Å². The lowest BCUT2D eigenvalue weighted by molar-refractivity contribution is -0.375. The summed E-state index contributed by atoms with van der Waals surface area (Å²) in [7, 11) is 1.26. The van der Waals surface area contributed by atoms with Crippen LogP contribution in [0, 0.1) is 5.92 Å². The van der Waals surface area contributed by atoms with E-state index in [2.05, 4.69) is 0 Å². The molecule has 0 unspecified atom stereocenters. The fourth-order valence-electron chi connectivity index (χ4n) is 4.39. The molecule has 0 spiro atoms. The molecule has 0 bridgehead atoms. The summed E-state index contributed by atoms with van der Waals surface area (Å²) in [5, 5.41) is 10.9. The molecule has 0 aromatic heterocycles. The number of Topliss-reactive ketones (excluding diaryl/α,β-unsaturated/α-hetero) is 2. The molecule has 1 aliphatic carbocycles. The number of esters is 1. The maximum atomic E-state index is 14.3. The zero-order chi connectivity index (χ0) is 24.8. The molecule has 1 heterocycles. The molecule has 0 saturated carbocycles. The fraction of sp³-hybridized carbons (Fsp3) is 0.292. The first-order valence-corrected chi connectivity index (χ1v) is 10.3. The zero-order valence-corrected chi connectivity index (χ0v) is 18.0. The van der Waals surface area contributed by atoms with Gasteiger partial charge in [0.15, 0.2) is 11.5 Å². The summed E-state index contributed by atoms with van der Waals surface area (Å²) in [6.45, 7) is 1.08. The van der Waals surface area contributed by atoms with Gasteiger partial charge in [0.2, 0.25) is 5.78 Å². The predicted molar refractivity (Wildman–Crippen MR) is 110 cm³/mol. The number of methoxy groups -OCH3 is 1. The largest absolute Gasteiger partial charge is 0.496 e. The van der Waals surface area contributed by atoms with Gasteiger partial charge < -0.3 is 19.3 Å². The van der Waals surface area contributed by atoms with Crippen LogP contribution < -0.4 is 4.74 Å². The Kier molecular flexibility index (Phi) is 5.72. The van der Waals surface area contributed by atoms with E-state index in [1.54, 1.807) is 0 Å². The second kappa shape index (κ2) is 8.28. The lowest BCUT2D eigenvalue weighted by Crippen LogP contribution is -2.61. The van der Waals surface area contributed by atoms with Crippen molar-refractivity contribution in [3.8, 4) is 5.75 Å². The topological polar surface area (TPSA) is 99.1 Å². The van der Waals surface area contributed by atoms with Crippen LogP contribution in [-0.2, 0) is 14.3 Å². The van der Waals surface area contributed by atoms with Crippen molar-refractivity contribution in [2.45, 2.75) is 24.8 Å². The second-order valence-corrected chi connectivity index (χ2v) is 7.69. The molecule has 7 nitrogen and oxygen atoms in total. The number of carbonyl (C=O) groups excluding carboxylic acids is 3. The molecule has 2 aromatic carbocycles. The number of para-hydroxylation sites is 1. The number of benzene rings is 2. The third-order valence-corrected chi connectivity index (χ3v) is 5.86. The number of ketones is 2. The number of fused-ring (bicyclic) bond motifs is 1. The van der Waals surface area contributed by atoms with Crippen LogP contribution in [0.15, 0.2) is 59.9 Å². The average Bonchev–Trinajstić information content (AvgIpc) is 2.81. The van der Waals surface area contributed by atoms with Gasteiger partial charge in [0.1, 0.15) is 11.7 Å². The predicted octanol–water partition coefficient (Wildman–Crippen LogP) is 3.57. The Balaban J connectivity index is 2.09. The third kappa shape index (κ3) is 3.37. The van der Waals surface area contributed by atoms with Crippen molar-refractivity contribution in [2.24, 2.45) is 5.92 Å². The van der Waals surface area contributed by atoms with Gasteiger partial charge in [-0.05, 0) is 13.0 Å². The summed E-state index contributed by atoms with van der Waals surface area (Å²) in [6.07, 6.45) is -5.54. The summed E-state index contributed by atoms with van der Waals surface area (Å²) in [4.78, 5) is 39.6. The van der Waals surface area contributed by atoms with E-state index in [9.17, 15) is 32.7 Å². The smallest absolute Gasteiger partial charge is 0.456 e. The highest BCUT2D eigenvalue weighted by atomic mass is 19.4. The Labute approximate surface area is 191 Å². The molecule has 2 aliphatic rings. The van der Waals surface area contributed by atoms with E-state index in [1.807, 2.05) is 0 Å². The van der Waals surface area contributed by atoms with Crippen LogP contribution in [0.2, 0.25) is 0 Å². The molecule has 0 saturated heterocycles. The number of carbonyl (C=O) groups is 3. The van der Waals surface area contributed by atoms with Crippen LogP contribution in [0.1, 0.15) is 39.1 Å². The number of hydrogen-bond acceptors (Lipinski definition) is 7. The van der Waals surface area contributed by atoms with Gasteiger partial charge in [-0.15, -0.1) is 0 Å². The van der Waals surface area contributed by atoms with Crippen LogP contribution in [0.3, 0.4) is 0 Å². The Bertz CT molecular complexity index is 1220. The maximum Gasteiger partial charge on any atom is 0.456 e. The number of halogens is 3. The molecule has 10 heteroatoms. The SMILES string of the molecule is CCOC(=O)[C@@H]1[C@@H](c2ccccc2OC)C2=C(O[C@@]1(O)C(F)(F)F)C(=O)c1ccccc1C2=O. The molecule has 4 rings (SSSR count). The van der Waals surface area contributed by atoms with Crippen LogP contribution in [-0.4, -0.2) is 48.3 Å². The number of alkyl halides is 3. The molecule has 0 fully saturated rings. The Morgan fingerprint density at radius 2 is 1.65 bits per heavy atom. The maximum absolute atomic E-state index is 14.3. The van der Waals surface area contributed by atoms with Gasteiger partial charge in [-0.3, -0.25) is 14.4 Å². The summed E-state index contributed by atoms with van der Waals surface area (Å²) in [5.74, 6) is -12.6. The van der Waals surface area contributed by atoms with Gasteiger partial charge >= 0.3 is 17.9 Å². The Morgan fingerprint density at radius 3 is 2.24 bits per heavy atom. The molecule has 2 aromatic rings. The summed E-state index contributed by atoms with van der Waals surface area (Å²) in [5.41, 5.74) is -0.749. The quantitative estimate of drug-likeness (QED) is 0.674. The van der Waals surface area contributed by atoms with Crippen LogP contribution >= 0.6 is 0 Å². The number of ether oxygens (including phenoxy) is 3. The minimum absolute atomic E-state index is 0.0259. The van der Waals surface area contributed by atoms with E-state index in [1.165, 1.54) is 62.6 Å². The standard InChI is InChI=1S/C24H19F3O7/c1-3-33-22(30)18-16(14-10-6-7-11-15(14)32-2)17-19(28)12-8-4-5-9-13(12)20(29)21(17)34-23(18,31)24(25,26)27/h4-11,16,18,31H,3H2,1-2H3/t16-,18-,23+/m0/s1. The Morgan fingerprint density at radius 1 is 1.06 bits per heavy atom. The number of allylic oxidation sites excluding steroid dienone is 2. The summed E-state index contributed by atoms with van der Waals surface area (Å²) < 4.78 is 57.9. The normalized spacial score (nSPS) is 24.2. The van der Waals surface area contributed by atoms with E-state index < -0.39 is 52.7 Å². The number of aliphatic hydroxyl groups is 1. The molecule has 0 radical (unpaired) electrons. The molecule has 1 N–H and O–H groups in total. The van der Waals surface area contributed by atoms with Gasteiger partial charge in [0.05, 0.1) is 19.3 Å². The third-order valence-electron chi connectivity index (χ3n) is 5.86. The molecule has 3 atom stereocenters. The van der Waals surface area contributed by atoms with Crippen molar-refractivity contribution in [1.82, 2.24) is 0 Å². The van der Waals surface area contributed by atoms with Crippen LogP contribution in [0.4, 0.5) is 13.2 Å². The number of rotatable bonds is 4. The van der Waals surface area contributed by atoms with Crippen molar-refractivity contribution in [3.05, 3.63) is 76.6 Å². The van der Waals surface area contributed by atoms with E-state index in [-0.39, 0.29) is 29.0 Å². The molecule has 34 heavy (non-hydrogen) atoms. The number of hydrogen-bond donors (Lipinski definition) is 1. The van der Waals surface area contributed by atoms with Crippen molar-refractivity contribution in [3.63, 3.8) is 0 Å². The van der Waals surface area contributed by atoms with Crippen molar-refractivity contribution < 1.29 is 46.9 Å². The molecule has 1 aliphatic heterocycles. The van der Waals surface area contributed by atoms with E-state index in [0.29, 0.717) is 0 Å². The zero-order valence-electron chi connectivity index (χ0n) is 18.0. The van der Waals surface area contributed by atoms with Gasteiger partial charge in [-0.2, -0.15) is 13.2 Å². The molecule has 178 valence electrons. The van der Waals surface area contributed by atoms with Crippen LogP contribution in [0.5, 0.6) is 5.75 Å². The van der Waals surface area contributed by atoms with Crippen molar-refractivity contribution in [2.75, 3.05) is 13.7 Å². The van der Waals surface area contributed by atoms with E-state index >= 15 is 0 Å². The van der Waals surface area contributed by atoms with E-state index in [0.717, 1.165) is 0 Å². The van der Waals surface area contributed by atoms with Gasteiger partial charge in [0.25, 0.3) is 0 Å². The minimum atomic E-state index is -5.54. The first kappa shape index (κ1) is 23.5. The minimum Gasteiger partial charge on any atom is -0.496 e. The van der Waals surface area contributed by atoms with Crippen molar-refractivity contribution >= 4 is 17.5 Å². The highest BCUT2D eigenvalue weighted by Crippen LogP contribution is 2.55. The first-order chi connectivity index (χ1) is 16.1.